The number of hydrogen-bond donors (Lipinski definition) is 18. The molecule has 10 amide bonds. The predicted octanol–water partition coefficient (Wildman–Crippen LogP) is -3.37. The Labute approximate surface area is 517 Å². The van der Waals surface area contributed by atoms with E-state index < -0.39 is 137 Å². The largest absolute Gasteiger partial charge is 0.508 e. The number of aliphatic carboxylic acids is 1. The highest BCUT2D eigenvalue weighted by Crippen LogP contribution is 2.15. The van der Waals surface area contributed by atoms with Gasteiger partial charge in [0.1, 0.15) is 60.1 Å². The number of phenolic OH excluding ortho intramolecular Hbond substituents is 1. The molecule has 10 atom stereocenters. The zero-order chi connectivity index (χ0) is 66.4. The Morgan fingerprint density at radius 3 is 1.40 bits per heavy atom. The molecule has 0 radical (unpaired) electrons. The van der Waals surface area contributed by atoms with Crippen LogP contribution in [0, 0.1) is 17.8 Å². The van der Waals surface area contributed by atoms with Gasteiger partial charge in [-0.1, -0.05) is 84.0 Å². The van der Waals surface area contributed by atoms with Gasteiger partial charge < -0.3 is 92.5 Å². The second kappa shape index (κ2) is 38.4. The summed E-state index contributed by atoms with van der Waals surface area (Å²) in [7, 11) is 0. The maximum atomic E-state index is 14.3. The minimum atomic E-state index is -1.40. The van der Waals surface area contributed by atoms with Crippen molar-refractivity contribution in [2.75, 3.05) is 18.8 Å². The minimum Gasteiger partial charge on any atom is -0.508 e. The quantitative estimate of drug-likeness (QED) is 0.0134. The van der Waals surface area contributed by atoms with Crippen LogP contribution < -0.4 is 82.3 Å². The fourth-order valence-corrected chi connectivity index (χ4v) is 8.88. The zero-order valence-corrected chi connectivity index (χ0v) is 51.8. The summed E-state index contributed by atoms with van der Waals surface area (Å²) in [6, 6.07) is 1.11. The SMILES string of the molecule is CC(C)C[C@H](NC(=O)[C@H](C)NC(=O)[C@H](CCCN=C(N)N)NC(=O)[C@@H](NC(=O)[C@H](CCCN=C(N)N)NC(=O)[C@H](CCC(N)=O)NC(=O)[C@@H](N)Cc1ccccc1)C(C)C)C(=O)N[C@@H](CS)C(=O)N[C@@H](Cc1ccc(O)cc1)C(=O)N[C@H](C(=O)O)C(C)C. The van der Waals surface area contributed by atoms with E-state index in [2.05, 4.69) is 70.5 Å². The van der Waals surface area contributed by atoms with Gasteiger partial charge in [-0.25, -0.2) is 4.79 Å². The summed E-state index contributed by atoms with van der Waals surface area (Å²) in [4.78, 5) is 157. The van der Waals surface area contributed by atoms with Crippen LogP contribution in [0.15, 0.2) is 64.6 Å². The van der Waals surface area contributed by atoms with Crippen LogP contribution in [-0.4, -0.2) is 166 Å². The summed E-state index contributed by atoms with van der Waals surface area (Å²) in [5.74, 6) is -12.0. The second-order valence-electron chi connectivity index (χ2n) is 22.3. The van der Waals surface area contributed by atoms with Crippen molar-refractivity contribution in [1.29, 1.82) is 0 Å². The number of aliphatic imine (C=N–C) groups is 2. The topological polar surface area (TPSA) is 517 Å². The van der Waals surface area contributed by atoms with Crippen molar-refractivity contribution < 1.29 is 63.0 Å². The van der Waals surface area contributed by atoms with Crippen molar-refractivity contribution in [3.8, 4) is 5.75 Å². The molecule has 0 aromatic heterocycles. The van der Waals surface area contributed by atoms with Crippen LogP contribution >= 0.6 is 12.6 Å². The molecule has 2 aromatic carbocycles. The second-order valence-corrected chi connectivity index (χ2v) is 22.6. The van der Waals surface area contributed by atoms with Gasteiger partial charge in [0.05, 0.1) is 6.04 Å². The molecule has 0 heterocycles. The first-order chi connectivity index (χ1) is 41.3. The van der Waals surface area contributed by atoms with Crippen molar-refractivity contribution in [2.45, 2.75) is 167 Å². The van der Waals surface area contributed by atoms with E-state index in [-0.39, 0.29) is 100 Å². The average Bonchev–Trinajstić information content (AvgIpc) is 3.63. The summed E-state index contributed by atoms with van der Waals surface area (Å²) in [5, 5.41) is 42.7. The number of phenols is 1. The lowest BCUT2D eigenvalue weighted by Gasteiger charge is -2.29. The number of carbonyl (C=O) groups excluding carboxylic acids is 10. The lowest BCUT2D eigenvalue weighted by molar-refractivity contribution is -0.143. The smallest absolute Gasteiger partial charge is 0.326 e. The van der Waals surface area contributed by atoms with Gasteiger partial charge in [-0.15, -0.1) is 0 Å². The van der Waals surface area contributed by atoms with Gasteiger partial charge in [-0.3, -0.25) is 57.9 Å². The zero-order valence-electron chi connectivity index (χ0n) is 50.9. The van der Waals surface area contributed by atoms with Crippen LogP contribution in [0.4, 0.5) is 0 Å². The van der Waals surface area contributed by atoms with Crippen LogP contribution in [-0.2, 0) is 65.6 Å². The number of primary amides is 1. The van der Waals surface area contributed by atoms with Crippen molar-refractivity contribution in [1.82, 2.24) is 47.9 Å². The van der Waals surface area contributed by atoms with Crippen LogP contribution in [0.3, 0.4) is 0 Å². The first kappa shape index (κ1) is 75.4. The molecule has 0 saturated heterocycles. The van der Waals surface area contributed by atoms with Crippen molar-refractivity contribution in [2.24, 2.45) is 62.1 Å². The first-order valence-electron chi connectivity index (χ1n) is 28.9. The summed E-state index contributed by atoms with van der Waals surface area (Å²) in [6.07, 6.45) is -0.589. The van der Waals surface area contributed by atoms with Crippen LogP contribution in [0.25, 0.3) is 0 Å². The first-order valence-corrected chi connectivity index (χ1v) is 29.5. The molecule has 31 heteroatoms. The number of carbonyl (C=O) groups is 11. The molecule has 0 unspecified atom stereocenters. The number of benzene rings is 2. The Morgan fingerprint density at radius 2 is 0.898 bits per heavy atom. The number of guanidine groups is 2. The maximum absolute atomic E-state index is 14.3. The van der Waals surface area contributed by atoms with Crippen molar-refractivity contribution >= 4 is 89.6 Å². The Kier molecular flexibility index (Phi) is 32.9. The lowest BCUT2D eigenvalue weighted by Crippen LogP contribution is -2.61. The third-order valence-corrected chi connectivity index (χ3v) is 13.9. The molecular formula is C57H91N17O13S. The number of thiol groups is 1. The van der Waals surface area contributed by atoms with E-state index in [0.717, 1.165) is 5.56 Å². The van der Waals surface area contributed by atoms with Gasteiger partial charge >= 0.3 is 5.97 Å². The van der Waals surface area contributed by atoms with Crippen LogP contribution in [0.2, 0.25) is 0 Å². The summed E-state index contributed by atoms with van der Waals surface area (Å²) in [5.41, 5.74) is 34.9. The van der Waals surface area contributed by atoms with Gasteiger partial charge in [-0.2, -0.15) is 12.6 Å². The van der Waals surface area contributed by atoms with Gasteiger partial charge in [0, 0.05) is 31.7 Å². The highest BCUT2D eigenvalue weighted by molar-refractivity contribution is 7.80. The van der Waals surface area contributed by atoms with Crippen molar-refractivity contribution in [3.63, 3.8) is 0 Å². The molecule has 0 saturated carbocycles. The van der Waals surface area contributed by atoms with E-state index in [0.29, 0.717) is 5.56 Å². The van der Waals surface area contributed by atoms with Crippen LogP contribution in [0.5, 0.6) is 5.75 Å². The number of nitrogens with one attached hydrogen (secondary N) is 9. The Hall–Kier alpha value is -8.74. The van der Waals surface area contributed by atoms with E-state index in [9.17, 15) is 63.0 Å². The van der Waals surface area contributed by atoms with Gasteiger partial charge in [-0.05, 0) is 92.9 Å². The van der Waals surface area contributed by atoms with E-state index in [1.165, 1.54) is 31.2 Å². The highest BCUT2D eigenvalue weighted by atomic mass is 32.1. The number of rotatable bonds is 39. The van der Waals surface area contributed by atoms with E-state index in [1.807, 2.05) is 0 Å². The summed E-state index contributed by atoms with van der Waals surface area (Å²) >= 11 is 4.27. The molecule has 88 heavy (non-hydrogen) atoms. The molecule has 0 spiro atoms. The highest BCUT2D eigenvalue weighted by Gasteiger charge is 2.36. The Morgan fingerprint density at radius 1 is 0.477 bits per heavy atom. The standard InChI is InChI=1S/C57H91N17O13S/c1-29(2)25-40(51(82)72-42(28-88)53(84)71-41(27-34-17-19-35(75)20-18-34)52(83)74-45(31(5)6)55(86)87)70-46(77)32(7)66-48(79)37(15-11-23-64-56(60)61)69-54(85)44(30(3)4)73-50(81)38(16-12-24-65-57(62)63)68-49(80)39(21-22-43(59)76)67-47(78)36(58)26-33-13-9-8-10-14-33/h8-10,13-14,17-20,29-32,36-42,44-45,75,88H,11-12,15-16,21-28,58H2,1-7H3,(H2,59,76)(H,66,79)(H,67,78)(H,68,80)(H,69,85)(H,70,77)(H,71,84)(H,72,82)(H,73,81)(H,74,83)(H,86,87)(H4,60,61,64)(H4,62,63,65)/t32-,36-,37-,38-,39-,40-,41-,42-,44-,45-/m0/s1. The normalized spacial score (nSPS) is 14.5. The number of nitrogens with two attached hydrogens (primary N) is 6. The van der Waals surface area contributed by atoms with E-state index in [4.69, 9.17) is 34.4 Å². The number of carboxylic acid groups (broad SMARTS) is 1. The molecule has 0 aliphatic carbocycles. The number of nitrogens with zero attached hydrogens (tertiary/aromatic N) is 2. The van der Waals surface area contributed by atoms with E-state index in [1.54, 1.807) is 71.9 Å². The lowest BCUT2D eigenvalue weighted by atomic mass is 10.0. The average molecular weight is 1250 g/mol. The fraction of sp³-hybridized carbons (Fsp3) is 0.561. The molecule has 30 nitrogen and oxygen atoms in total. The molecule has 0 aliphatic rings. The molecule has 2 rings (SSSR count). The van der Waals surface area contributed by atoms with Gasteiger partial charge in [0.15, 0.2) is 11.9 Å². The molecule has 0 aliphatic heterocycles. The molecule has 488 valence electrons. The third-order valence-electron chi connectivity index (χ3n) is 13.5. The fourth-order valence-electron chi connectivity index (χ4n) is 8.62. The predicted molar refractivity (Wildman–Crippen MR) is 332 cm³/mol. The molecular weight excluding hydrogens is 1160 g/mol. The number of carboxylic acids is 1. The monoisotopic (exact) mass is 1250 g/mol. The number of amides is 10. The molecule has 23 N–H and O–H groups in total. The number of aromatic hydroxyl groups is 1. The summed E-state index contributed by atoms with van der Waals surface area (Å²) in [6.45, 7) is 11.2. The molecule has 0 bridgehead atoms. The summed E-state index contributed by atoms with van der Waals surface area (Å²) < 4.78 is 0. The molecule has 0 fully saturated rings. The molecule has 2 aromatic rings. The van der Waals surface area contributed by atoms with Crippen molar-refractivity contribution in [3.05, 3.63) is 65.7 Å². The number of hydrogen-bond acceptors (Lipinski definition) is 16. The Bertz CT molecular complexity index is 2730. The minimum absolute atomic E-state index is 0.0103. The maximum Gasteiger partial charge on any atom is 0.326 e. The van der Waals surface area contributed by atoms with Crippen LogP contribution in [0.1, 0.15) is 105 Å². The van der Waals surface area contributed by atoms with Gasteiger partial charge in [0.25, 0.3) is 0 Å². The van der Waals surface area contributed by atoms with Gasteiger partial charge in [0.2, 0.25) is 59.1 Å². The van der Waals surface area contributed by atoms with E-state index >= 15 is 0 Å². The Balaban J connectivity index is 2.38. The third kappa shape index (κ3) is 28.2.